The molecule has 1 aromatic rings. The monoisotopic (exact) mass is 271 g/mol. The summed E-state index contributed by atoms with van der Waals surface area (Å²) in [6.45, 7) is 3.14. The second kappa shape index (κ2) is 6.08. The zero-order valence-corrected chi connectivity index (χ0v) is 11.2. The molecule has 0 aliphatic heterocycles. The molecule has 6 heteroatoms. The molecule has 0 saturated heterocycles. The number of sulfonamides is 1. The molecule has 2 N–H and O–H groups in total. The van der Waals surface area contributed by atoms with Crippen molar-refractivity contribution >= 4 is 15.8 Å². The molecular formula is C12H17NO4S. The van der Waals surface area contributed by atoms with Crippen molar-refractivity contribution in [2.75, 3.05) is 6.54 Å². The summed E-state index contributed by atoms with van der Waals surface area (Å²) in [6, 6.07) is 5.87. The van der Waals surface area contributed by atoms with Gasteiger partial charge in [0.05, 0.1) is 11.0 Å². The van der Waals surface area contributed by atoms with Crippen molar-refractivity contribution < 1.29 is 18.3 Å². The van der Waals surface area contributed by atoms with Gasteiger partial charge in [-0.05, 0) is 19.1 Å². The quantitative estimate of drug-likeness (QED) is 0.754. The fraction of sp³-hybridized carbons (Fsp3) is 0.417. The Morgan fingerprint density at radius 3 is 2.67 bits per heavy atom. The number of nitrogens with one attached hydrogen (secondary N) is 1. The van der Waals surface area contributed by atoms with E-state index in [1.807, 2.05) is 0 Å². The standard InChI is InChI=1S/C12H17NO4S/c1-3-12(15)10-5-4-6-11(7-10)18(16,17)13-8-9(2)14/h4-7,9,13-14H,3,8H2,1-2H3/t9-/m1/s1. The highest BCUT2D eigenvalue weighted by molar-refractivity contribution is 7.89. The third kappa shape index (κ3) is 3.90. The molecule has 0 fully saturated rings. The van der Waals surface area contributed by atoms with Gasteiger partial charge in [-0.2, -0.15) is 0 Å². The zero-order chi connectivity index (χ0) is 13.8. The number of ketones is 1. The molecule has 18 heavy (non-hydrogen) atoms. The number of hydrogen-bond acceptors (Lipinski definition) is 4. The first kappa shape index (κ1) is 14.8. The zero-order valence-electron chi connectivity index (χ0n) is 10.4. The van der Waals surface area contributed by atoms with Crippen LogP contribution in [0.15, 0.2) is 29.2 Å². The predicted octanol–water partition coefficient (Wildman–Crippen LogP) is 0.938. The van der Waals surface area contributed by atoms with Crippen molar-refractivity contribution in [3.05, 3.63) is 29.8 Å². The lowest BCUT2D eigenvalue weighted by Gasteiger charge is -2.09. The molecule has 1 atom stereocenters. The average Bonchev–Trinajstić information content (AvgIpc) is 2.35. The fourth-order valence-corrected chi connectivity index (χ4v) is 2.52. The van der Waals surface area contributed by atoms with E-state index in [1.165, 1.54) is 25.1 Å². The number of Topliss-reactive ketones (excluding diaryl/α,β-unsaturated/α-hetero) is 1. The maximum absolute atomic E-state index is 11.9. The Labute approximate surface area is 107 Å². The van der Waals surface area contributed by atoms with Crippen LogP contribution in [0.5, 0.6) is 0 Å². The molecule has 5 nitrogen and oxygen atoms in total. The molecule has 1 aromatic carbocycles. The number of aliphatic hydroxyl groups is 1. The smallest absolute Gasteiger partial charge is 0.240 e. The maximum atomic E-state index is 11.9. The minimum atomic E-state index is -3.68. The van der Waals surface area contributed by atoms with Crippen LogP contribution in [0.1, 0.15) is 30.6 Å². The van der Waals surface area contributed by atoms with E-state index in [-0.39, 0.29) is 17.2 Å². The first-order valence-electron chi connectivity index (χ1n) is 5.68. The number of rotatable bonds is 6. The van der Waals surface area contributed by atoms with E-state index in [1.54, 1.807) is 13.0 Å². The van der Waals surface area contributed by atoms with Crippen molar-refractivity contribution in [1.29, 1.82) is 0 Å². The summed E-state index contributed by atoms with van der Waals surface area (Å²) in [5, 5.41) is 9.06. The number of benzene rings is 1. The Balaban J connectivity index is 2.99. The second-order valence-electron chi connectivity index (χ2n) is 4.01. The minimum Gasteiger partial charge on any atom is -0.392 e. The number of aliphatic hydroxyl groups excluding tert-OH is 1. The van der Waals surface area contributed by atoms with Gasteiger partial charge in [0.2, 0.25) is 10.0 Å². The Morgan fingerprint density at radius 2 is 2.11 bits per heavy atom. The highest BCUT2D eigenvalue weighted by atomic mass is 32.2. The lowest BCUT2D eigenvalue weighted by Crippen LogP contribution is -2.30. The Morgan fingerprint density at radius 1 is 1.44 bits per heavy atom. The van der Waals surface area contributed by atoms with Gasteiger partial charge in [0, 0.05) is 18.5 Å². The van der Waals surface area contributed by atoms with Gasteiger partial charge in [-0.3, -0.25) is 4.79 Å². The summed E-state index contributed by atoms with van der Waals surface area (Å²) in [6.07, 6.45) is -0.440. The van der Waals surface area contributed by atoms with Gasteiger partial charge in [-0.25, -0.2) is 13.1 Å². The molecule has 0 spiro atoms. The third-order valence-corrected chi connectivity index (χ3v) is 3.78. The van der Waals surface area contributed by atoms with Crippen LogP contribution < -0.4 is 4.72 Å². The Bertz CT molecular complexity index is 523. The maximum Gasteiger partial charge on any atom is 0.240 e. The van der Waals surface area contributed by atoms with E-state index in [0.29, 0.717) is 12.0 Å². The van der Waals surface area contributed by atoms with Crippen molar-refractivity contribution in [3.8, 4) is 0 Å². The van der Waals surface area contributed by atoms with Gasteiger partial charge in [0.15, 0.2) is 5.78 Å². The van der Waals surface area contributed by atoms with E-state index in [4.69, 9.17) is 5.11 Å². The largest absolute Gasteiger partial charge is 0.392 e. The first-order valence-corrected chi connectivity index (χ1v) is 7.16. The molecule has 1 rings (SSSR count). The average molecular weight is 271 g/mol. The molecule has 0 radical (unpaired) electrons. The van der Waals surface area contributed by atoms with E-state index in [9.17, 15) is 13.2 Å². The van der Waals surface area contributed by atoms with Crippen LogP contribution in [0, 0.1) is 0 Å². The summed E-state index contributed by atoms with van der Waals surface area (Å²) in [5.74, 6) is -0.109. The molecule has 0 amide bonds. The molecule has 0 aromatic heterocycles. The highest BCUT2D eigenvalue weighted by Crippen LogP contribution is 2.12. The van der Waals surface area contributed by atoms with Crippen molar-refractivity contribution in [2.24, 2.45) is 0 Å². The fourth-order valence-electron chi connectivity index (χ4n) is 1.35. The number of hydrogen-bond donors (Lipinski definition) is 2. The SMILES string of the molecule is CCC(=O)c1cccc(S(=O)(=O)NC[C@@H](C)O)c1. The normalized spacial score (nSPS) is 13.3. The molecule has 0 saturated carbocycles. The summed E-state index contributed by atoms with van der Waals surface area (Å²) < 4.78 is 26.0. The van der Waals surface area contributed by atoms with Gasteiger partial charge in [0.25, 0.3) is 0 Å². The molecule has 100 valence electrons. The van der Waals surface area contributed by atoms with Gasteiger partial charge >= 0.3 is 0 Å². The lowest BCUT2D eigenvalue weighted by molar-refractivity contribution is 0.0988. The Kier molecular flexibility index (Phi) is 5.01. The summed E-state index contributed by atoms with van der Waals surface area (Å²) in [4.78, 5) is 11.5. The third-order valence-electron chi connectivity index (χ3n) is 2.36. The van der Waals surface area contributed by atoms with Crippen molar-refractivity contribution in [3.63, 3.8) is 0 Å². The summed E-state index contributed by atoms with van der Waals surface area (Å²) in [7, 11) is -3.68. The summed E-state index contributed by atoms with van der Waals surface area (Å²) >= 11 is 0. The lowest BCUT2D eigenvalue weighted by atomic mass is 10.1. The van der Waals surface area contributed by atoms with Crippen molar-refractivity contribution in [1.82, 2.24) is 4.72 Å². The molecule has 0 aliphatic rings. The number of carbonyl (C=O) groups is 1. The molecular weight excluding hydrogens is 254 g/mol. The molecule has 0 bridgehead atoms. The van der Waals surface area contributed by atoms with Gasteiger partial charge in [0.1, 0.15) is 0 Å². The predicted molar refractivity (Wildman–Crippen MR) is 67.9 cm³/mol. The molecule has 0 heterocycles. The summed E-state index contributed by atoms with van der Waals surface area (Å²) in [5.41, 5.74) is 0.373. The van der Waals surface area contributed by atoms with E-state index in [0.717, 1.165) is 0 Å². The van der Waals surface area contributed by atoms with E-state index >= 15 is 0 Å². The van der Waals surface area contributed by atoms with Gasteiger partial charge in [-0.15, -0.1) is 0 Å². The molecule has 0 unspecified atom stereocenters. The number of carbonyl (C=O) groups excluding carboxylic acids is 1. The second-order valence-corrected chi connectivity index (χ2v) is 5.77. The van der Waals surface area contributed by atoms with Crippen LogP contribution in [0.3, 0.4) is 0 Å². The highest BCUT2D eigenvalue weighted by Gasteiger charge is 2.16. The van der Waals surface area contributed by atoms with Crippen LogP contribution >= 0.6 is 0 Å². The van der Waals surface area contributed by atoms with E-state index < -0.39 is 16.1 Å². The topological polar surface area (TPSA) is 83.5 Å². The van der Waals surface area contributed by atoms with Crippen LogP contribution in [0.25, 0.3) is 0 Å². The first-order chi connectivity index (χ1) is 8.36. The van der Waals surface area contributed by atoms with Crippen LogP contribution in [-0.2, 0) is 10.0 Å². The van der Waals surface area contributed by atoms with Crippen LogP contribution in [0.2, 0.25) is 0 Å². The molecule has 0 aliphatic carbocycles. The van der Waals surface area contributed by atoms with Crippen molar-refractivity contribution in [2.45, 2.75) is 31.3 Å². The van der Waals surface area contributed by atoms with Gasteiger partial charge in [-0.1, -0.05) is 19.1 Å². The van der Waals surface area contributed by atoms with Crippen LogP contribution in [-0.4, -0.2) is 32.0 Å². The Hall–Kier alpha value is -1.24. The van der Waals surface area contributed by atoms with Crippen LogP contribution in [0.4, 0.5) is 0 Å². The van der Waals surface area contributed by atoms with E-state index in [2.05, 4.69) is 4.72 Å². The van der Waals surface area contributed by atoms with Gasteiger partial charge < -0.3 is 5.11 Å². The minimum absolute atomic E-state index is 0.0300.